The highest BCUT2D eigenvalue weighted by Crippen LogP contribution is 2.34. The maximum absolute atomic E-state index is 13.4. The molecule has 0 saturated carbocycles. The Kier molecular flexibility index (Phi) is 3.05. The second-order valence-electron chi connectivity index (χ2n) is 5.31. The molecule has 0 aliphatic heterocycles. The first-order valence-corrected chi connectivity index (χ1v) is 6.73. The van der Waals surface area contributed by atoms with Gasteiger partial charge in [0.1, 0.15) is 17.4 Å². The normalized spacial score (nSPS) is 11.4. The molecule has 0 amide bonds. The second-order valence-corrected chi connectivity index (χ2v) is 5.31. The molecular weight excluding hydrogens is 269 g/mol. The third-order valence-corrected chi connectivity index (χ3v) is 3.43. The van der Waals surface area contributed by atoms with Crippen molar-refractivity contribution in [3.05, 3.63) is 42.2 Å². The molecule has 0 bridgehead atoms. The van der Waals surface area contributed by atoms with E-state index in [0.29, 0.717) is 22.6 Å². The predicted molar refractivity (Wildman–Crippen MR) is 81.6 cm³/mol. The zero-order chi connectivity index (χ0) is 15.1. The van der Waals surface area contributed by atoms with E-state index in [0.717, 1.165) is 5.52 Å². The Morgan fingerprint density at radius 1 is 1.19 bits per heavy atom. The summed E-state index contributed by atoms with van der Waals surface area (Å²) >= 11 is 0. The Hall–Kier alpha value is -2.56. The molecule has 5 heteroatoms. The van der Waals surface area contributed by atoms with E-state index in [9.17, 15) is 9.50 Å². The van der Waals surface area contributed by atoms with Gasteiger partial charge in [0.2, 0.25) is 0 Å². The smallest absolute Gasteiger partial charge is 0.145 e. The van der Waals surface area contributed by atoms with Crippen LogP contribution in [0.5, 0.6) is 5.75 Å². The highest BCUT2D eigenvalue weighted by Gasteiger charge is 2.17. The van der Waals surface area contributed by atoms with Crippen LogP contribution in [0.1, 0.15) is 19.9 Å². The van der Waals surface area contributed by atoms with Crippen LogP contribution >= 0.6 is 0 Å². The van der Waals surface area contributed by atoms with Gasteiger partial charge in [-0.3, -0.25) is 0 Å². The molecule has 1 aromatic heterocycles. The first kappa shape index (κ1) is 13.4. The standard InChI is InChI=1S/C16H16FN3O/c1-9(2)20-14-6-3-10(17)7-13(14)19-16(20)12-5-4-11(18)8-15(12)21/h3-9,21H,18H2,1-2H3. The number of aromatic hydroxyl groups is 1. The Bertz CT molecular complexity index is 824. The molecule has 21 heavy (non-hydrogen) atoms. The van der Waals surface area contributed by atoms with Crippen LogP contribution in [0, 0.1) is 5.82 Å². The van der Waals surface area contributed by atoms with Crippen LogP contribution in [-0.4, -0.2) is 14.7 Å². The van der Waals surface area contributed by atoms with E-state index in [1.165, 1.54) is 18.2 Å². The summed E-state index contributed by atoms with van der Waals surface area (Å²) in [5.41, 5.74) is 8.12. The van der Waals surface area contributed by atoms with Crippen molar-refractivity contribution in [3.63, 3.8) is 0 Å². The fourth-order valence-electron chi connectivity index (χ4n) is 2.52. The number of aromatic nitrogens is 2. The van der Waals surface area contributed by atoms with E-state index < -0.39 is 0 Å². The van der Waals surface area contributed by atoms with Gasteiger partial charge in [0, 0.05) is 23.9 Å². The molecule has 0 atom stereocenters. The van der Waals surface area contributed by atoms with Crippen LogP contribution < -0.4 is 5.73 Å². The van der Waals surface area contributed by atoms with Gasteiger partial charge in [-0.2, -0.15) is 0 Å². The lowest BCUT2D eigenvalue weighted by molar-refractivity contribution is 0.476. The van der Waals surface area contributed by atoms with Crippen molar-refractivity contribution >= 4 is 16.7 Å². The van der Waals surface area contributed by atoms with Gasteiger partial charge in [-0.05, 0) is 38.1 Å². The summed E-state index contributed by atoms with van der Waals surface area (Å²) in [6, 6.07) is 9.55. The van der Waals surface area contributed by atoms with Gasteiger partial charge in [-0.15, -0.1) is 0 Å². The molecule has 108 valence electrons. The predicted octanol–water partition coefficient (Wildman–Crippen LogP) is 3.71. The van der Waals surface area contributed by atoms with Crippen molar-refractivity contribution in [2.75, 3.05) is 5.73 Å². The average molecular weight is 285 g/mol. The van der Waals surface area contributed by atoms with E-state index >= 15 is 0 Å². The van der Waals surface area contributed by atoms with Crippen molar-refractivity contribution in [3.8, 4) is 17.1 Å². The van der Waals surface area contributed by atoms with E-state index in [2.05, 4.69) is 4.98 Å². The zero-order valence-electron chi connectivity index (χ0n) is 11.8. The number of imidazole rings is 1. The lowest BCUT2D eigenvalue weighted by atomic mass is 10.1. The number of nitrogens with zero attached hydrogens (tertiary/aromatic N) is 2. The quantitative estimate of drug-likeness (QED) is 0.705. The molecule has 0 spiro atoms. The number of anilines is 1. The number of benzene rings is 2. The van der Waals surface area contributed by atoms with E-state index in [4.69, 9.17) is 5.73 Å². The molecular formula is C16H16FN3O. The third kappa shape index (κ3) is 2.20. The van der Waals surface area contributed by atoms with Gasteiger partial charge in [-0.25, -0.2) is 9.37 Å². The van der Waals surface area contributed by atoms with Crippen molar-refractivity contribution < 1.29 is 9.50 Å². The van der Waals surface area contributed by atoms with Crippen LogP contribution in [0.15, 0.2) is 36.4 Å². The summed E-state index contributed by atoms with van der Waals surface area (Å²) in [5.74, 6) is 0.333. The van der Waals surface area contributed by atoms with E-state index in [-0.39, 0.29) is 17.6 Å². The van der Waals surface area contributed by atoms with Crippen LogP contribution in [0.3, 0.4) is 0 Å². The molecule has 2 aromatic carbocycles. The molecule has 0 aliphatic carbocycles. The number of hydrogen-bond donors (Lipinski definition) is 2. The van der Waals surface area contributed by atoms with Gasteiger partial charge >= 0.3 is 0 Å². The van der Waals surface area contributed by atoms with Gasteiger partial charge in [0.05, 0.1) is 16.6 Å². The molecule has 3 N–H and O–H groups in total. The molecule has 4 nitrogen and oxygen atoms in total. The van der Waals surface area contributed by atoms with Gasteiger partial charge in [-0.1, -0.05) is 0 Å². The van der Waals surface area contributed by atoms with E-state index in [1.54, 1.807) is 18.2 Å². The fraction of sp³-hybridized carbons (Fsp3) is 0.188. The monoisotopic (exact) mass is 285 g/mol. The largest absolute Gasteiger partial charge is 0.507 e. The Morgan fingerprint density at radius 3 is 2.62 bits per heavy atom. The Balaban J connectivity index is 2.33. The van der Waals surface area contributed by atoms with E-state index in [1.807, 2.05) is 18.4 Å². The summed E-state index contributed by atoms with van der Waals surface area (Å²) in [7, 11) is 0. The first-order valence-electron chi connectivity index (χ1n) is 6.73. The molecule has 3 rings (SSSR count). The van der Waals surface area contributed by atoms with Crippen molar-refractivity contribution in [2.45, 2.75) is 19.9 Å². The topological polar surface area (TPSA) is 64.1 Å². The maximum Gasteiger partial charge on any atom is 0.145 e. The summed E-state index contributed by atoms with van der Waals surface area (Å²) in [6.45, 7) is 4.03. The second kappa shape index (κ2) is 4.77. The SMILES string of the molecule is CC(C)n1c(-c2ccc(N)cc2O)nc2cc(F)ccc21. The number of nitrogen functional groups attached to an aromatic ring is 1. The van der Waals surface area contributed by atoms with Crippen LogP contribution in [0.2, 0.25) is 0 Å². The highest BCUT2D eigenvalue weighted by molar-refractivity contribution is 5.82. The molecule has 3 aromatic rings. The minimum atomic E-state index is -0.330. The minimum absolute atomic E-state index is 0.0627. The summed E-state index contributed by atoms with van der Waals surface area (Å²) in [4.78, 5) is 4.48. The molecule has 0 fully saturated rings. The van der Waals surface area contributed by atoms with Crippen molar-refractivity contribution in [1.82, 2.24) is 9.55 Å². The van der Waals surface area contributed by atoms with Crippen LogP contribution in [0.4, 0.5) is 10.1 Å². The Labute approximate surface area is 121 Å². The lowest BCUT2D eigenvalue weighted by Gasteiger charge is -2.14. The number of nitrogens with two attached hydrogens (primary N) is 1. The maximum atomic E-state index is 13.4. The molecule has 1 heterocycles. The first-order chi connectivity index (χ1) is 9.97. The summed E-state index contributed by atoms with van der Waals surface area (Å²) in [5, 5.41) is 10.1. The molecule has 0 unspecified atom stereocenters. The summed E-state index contributed by atoms with van der Waals surface area (Å²) < 4.78 is 15.4. The number of phenolic OH excluding ortho intramolecular Hbond substituents is 1. The van der Waals surface area contributed by atoms with Gasteiger partial charge in [0.15, 0.2) is 0 Å². The highest BCUT2D eigenvalue weighted by atomic mass is 19.1. The van der Waals surface area contributed by atoms with Crippen LogP contribution in [0.25, 0.3) is 22.4 Å². The number of fused-ring (bicyclic) bond motifs is 1. The van der Waals surface area contributed by atoms with Crippen molar-refractivity contribution in [1.29, 1.82) is 0 Å². The summed E-state index contributed by atoms with van der Waals surface area (Å²) in [6.07, 6.45) is 0. The molecule has 0 radical (unpaired) electrons. The van der Waals surface area contributed by atoms with Gasteiger partial charge < -0.3 is 15.4 Å². The van der Waals surface area contributed by atoms with Crippen LogP contribution in [-0.2, 0) is 0 Å². The lowest BCUT2D eigenvalue weighted by Crippen LogP contribution is -2.03. The number of rotatable bonds is 2. The number of hydrogen-bond acceptors (Lipinski definition) is 3. The third-order valence-electron chi connectivity index (χ3n) is 3.43. The number of phenols is 1. The number of halogens is 1. The Morgan fingerprint density at radius 2 is 1.95 bits per heavy atom. The van der Waals surface area contributed by atoms with Gasteiger partial charge in [0.25, 0.3) is 0 Å². The minimum Gasteiger partial charge on any atom is -0.507 e. The zero-order valence-corrected chi connectivity index (χ0v) is 11.8. The molecule has 0 saturated heterocycles. The fourth-order valence-corrected chi connectivity index (χ4v) is 2.52. The average Bonchev–Trinajstić information content (AvgIpc) is 2.76. The van der Waals surface area contributed by atoms with Crippen molar-refractivity contribution in [2.24, 2.45) is 0 Å². The molecule has 0 aliphatic rings.